The van der Waals surface area contributed by atoms with E-state index in [1.165, 1.54) is 7.11 Å². The molecule has 0 heterocycles. The molecule has 2 aromatic rings. The van der Waals surface area contributed by atoms with Gasteiger partial charge < -0.3 is 19.5 Å². The molecule has 0 radical (unpaired) electrons. The third kappa shape index (κ3) is 4.89. The molecule has 2 aromatic carbocycles. The largest absolute Gasteiger partial charge is 0.493 e. The Hall–Kier alpha value is -2.21. The van der Waals surface area contributed by atoms with Gasteiger partial charge in [0.05, 0.1) is 20.8 Å². The summed E-state index contributed by atoms with van der Waals surface area (Å²) in [6.07, 6.45) is 0. The SMILES string of the molecule is COc1ccc(C(=O)NCCOc2c(C)cc(Br)cc2C)cc1OC. The van der Waals surface area contributed by atoms with Gasteiger partial charge in [0.15, 0.2) is 11.5 Å². The third-order valence-corrected chi connectivity index (χ3v) is 4.16. The smallest absolute Gasteiger partial charge is 0.251 e. The van der Waals surface area contributed by atoms with Gasteiger partial charge in [-0.15, -0.1) is 0 Å². The summed E-state index contributed by atoms with van der Waals surface area (Å²) in [5, 5.41) is 2.84. The van der Waals surface area contributed by atoms with E-state index >= 15 is 0 Å². The van der Waals surface area contributed by atoms with Gasteiger partial charge in [0.25, 0.3) is 5.91 Å². The summed E-state index contributed by atoms with van der Waals surface area (Å²) < 4.78 is 17.2. The number of nitrogens with one attached hydrogen (secondary N) is 1. The predicted molar refractivity (Wildman–Crippen MR) is 101 cm³/mol. The van der Waals surface area contributed by atoms with Gasteiger partial charge >= 0.3 is 0 Å². The molecule has 0 aliphatic heterocycles. The van der Waals surface area contributed by atoms with Crippen molar-refractivity contribution in [1.29, 1.82) is 0 Å². The standard InChI is InChI=1S/C19H22BrNO4/c1-12-9-15(20)10-13(2)18(12)25-8-7-21-19(22)14-5-6-16(23-3)17(11-14)24-4/h5-6,9-11H,7-8H2,1-4H3,(H,21,22). The number of rotatable bonds is 7. The Labute approximate surface area is 156 Å². The fraction of sp³-hybridized carbons (Fsp3) is 0.316. The summed E-state index contributed by atoms with van der Waals surface area (Å²) in [7, 11) is 3.09. The van der Waals surface area contributed by atoms with Gasteiger partial charge in [0.1, 0.15) is 12.4 Å². The van der Waals surface area contributed by atoms with Gasteiger partial charge in [0.2, 0.25) is 0 Å². The number of carbonyl (C=O) groups excluding carboxylic acids is 1. The van der Waals surface area contributed by atoms with Crippen molar-refractivity contribution in [3.8, 4) is 17.2 Å². The molecule has 0 unspecified atom stereocenters. The highest BCUT2D eigenvalue weighted by molar-refractivity contribution is 9.10. The molecule has 134 valence electrons. The number of amides is 1. The number of aryl methyl sites for hydroxylation is 2. The first-order chi connectivity index (χ1) is 12.0. The van der Waals surface area contributed by atoms with Crippen molar-refractivity contribution < 1.29 is 19.0 Å². The number of benzene rings is 2. The second-order valence-electron chi connectivity index (χ2n) is 5.54. The van der Waals surface area contributed by atoms with Crippen molar-refractivity contribution in [2.24, 2.45) is 0 Å². The zero-order valence-corrected chi connectivity index (χ0v) is 16.4. The van der Waals surface area contributed by atoms with E-state index < -0.39 is 0 Å². The first-order valence-electron chi connectivity index (χ1n) is 7.86. The predicted octanol–water partition coefficient (Wildman–Crippen LogP) is 3.89. The van der Waals surface area contributed by atoms with Crippen molar-refractivity contribution in [3.63, 3.8) is 0 Å². The molecular weight excluding hydrogens is 386 g/mol. The van der Waals surface area contributed by atoms with Crippen LogP contribution in [0.5, 0.6) is 17.2 Å². The van der Waals surface area contributed by atoms with E-state index in [-0.39, 0.29) is 5.91 Å². The average Bonchev–Trinajstić information content (AvgIpc) is 2.59. The minimum Gasteiger partial charge on any atom is -0.493 e. The number of ether oxygens (including phenoxy) is 3. The molecule has 0 atom stereocenters. The Morgan fingerprint density at radius 2 is 1.68 bits per heavy atom. The highest BCUT2D eigenvalue weighted by atomic mass is 79.9. The molecule has 0 aromatic heterocycles. The molecule has 1 amide bonds. The Morgan fingerprint density at radius 3 is 2.28 bits per heavy atom. The zero-order valence-electron chi connectivity index (χ0n) is 14.8. The molecular formula is C19H22BrNO4. The summed E-state index contributed by atoms with van der Waals surface area (Å²) in [4.78, 5) is 12.2. The number of halogens is 1. The summed E-state index contributed by atoms with van der Waals surface area (Å²) in [5.74, 6) is 1.77. The summed E-state index contributed by atoms with van der Waals surface area (Å²) in [6, 6.07) is 9.06. The molecule has 0 aliphatic carbocycles. The van der Waals surface area contributed by atoms with Crippen LogP contribution >= 0.6 is 15.9 Å². The van der Waals surface area contributed by atoms with E-state index in [4.69, 9.17) is 14.2 Å². The van der Waals surface area contributed by atoms with E-state index in [1.54, 1.807) is 25.3 Å². The normalized spacial score (nSPS) is 10.3. The maximum absolute atomic E-state index is 12.2. The average molecular weight is 408 g/mol. The van der Waals surface area contributed by atoms with Gasteiger partial charge in [-0.1, -0.05) is 15.9 Å². The second kappa shape index (κ2) is 8.76. The molecule has 0 fully saturated rings. The molecule has 5 nitrogen and oxygen atoms in total. The molecule has 1 N–H and O–H groups in total. The van der Waals surface area contributed by atoms with Gasteiger partial charge in [-0.3, -0.25) is 4.79 Å². The molecule has 2 rings (SSSR count). The Balaban J connectivity index is 1.91. The molecule has 0 saturated heterocycles. The number of hydrogen-bond donors (Lipinski definition) is 1. The van der Waals surface area contributed by atoms with E-state index in [2.05, 4.69) is 21.2 Å². The Kier molecular flexibility index (Phi) is 6.70. The number of carbonyl (C=O) groups is 1. The van der Waals surface area contributed by atoms with Crippen LogP contribution in [0.2, 0.25) is 0 Å². The lowest BCUT2D eigenvalue weighted by Crippen LogP contribution is -2.28. The van der Waals surface area contributed by atoms with Crippen molar-refractivity contribution in [1.82, 2.24) is 5.32 Å². The van der Waals surface area contributed by atoms with Gasteiger partial charge in [0, 0.05) is 10.0 Å². The topological polar surface area (TPSA) is 56.8 Å². The zero-order chi connectivity index (χ0) is 18.4. The van der Waals surface area contributed by atoms with E-state index in [0.29, 0.717) is 30.2 Å². The summed E-state index contributed by atoms with van der Waals surface area (Å²) in [6.45, 7) is 4.79. The fourth-order valence-corrected chi connectivity index (χ4v) is 3.21. The highest BCUT2D eigenvalue weighted by Gasteiger charge is 2.11. The van der Waals surface area contributed by atoms with Gasteiger partial charge in [-0.25, -0.2) is 0 Å². The van der Waals surface area contributed by atoms with Crippen molar-refractivity contribution >= 4 is 21.8 Å². The van der Waals surface area contributed by atoms with Crippen LogP contribution in [0.4, 0.5) is 0 Å². The molecule has 0 bridgehead atoms. The van der Waals surface area contributed by atoms with Crippen LogP contribution in [0.1, 0.15) is 21.5 Å². The number of hydrogen-bond acceptors (Lipinski definition) is 4. The Bertz CT molecular complexity index is 738. The van der Waals surface area contributed by atoms with Crippen LogP contribution in [0.3, 0.4) is 0 Å². The minimum atomic E-state index is -0.186. The maximum Gasteiger partial charge on any atom is 0.251 e. The first kappa shape index (κ1) is 19.1. The lowest BCUT2D eigenvalue weighted by Gasteiger charge is -2.13. The monoisotopic (exact) mass is 407 g/mol. The summed E-state index contributed by atoms with van der Waals surface area (Å²) >= 11 is 3.46. The lowest BCUT2D eigenvalue weighted by atomic mass is 10.1. The molecule has 0 aliphatic rings. The fourth-order valence-electron chi connectivity index (χ4n) is 2.52. The van der Waals surface area contributed by atoms with Crippen LogP contribution < -0.4 is 19.5 Å². The van der Waals surface area contributed by atoms with Crippen LogP contribution in [-0.2, 0) is 0 Å². The molecule has 6 heteroatoms. The quantitative estimate of drug-likeness (QED) is 0.707. The maximum atomic E-state index is 12.2. The van der Waals surface area contributed by atoms with Crippen molar-refractivity contribution in [2.45, 2.75) is 13.8 Å². The third-order valence-electron chi connectivity index (χ3n) is 3.70. The van der Waals surface area contributed by atoms with E-state index in [1.807, 2.05) is 26.0 Å². The second-order valence-corrected chi connectivity index (χ2v) is 6.46. The molecule has 0 saturated carbocycles. The first-order valence-corrected chi connectivity index (χ1v) is 8.65. The highest BCUT2D eigenvalue weighted by Crippen LogP contribution is 2.28. The van der Waals surface area contributed by atoms with E-state index in [9.17, 15) is 4.79 Å². The minimum absolute atomic E-state index is 0.186. The van der Waals surface area contributed by atoms with Crippen LogP contribution in [0.15, 0.2) is 34.8 Å². The summed E-state index contributed by atoms with van der Waals surface area (Å²) in [5.41, 5.74) is 2.62. The van der Waals surface area contributed by atoms with Crippen LogP contribution in [-0.4, -0.2) is 33.3 Å². The lowest BCUT2D eigenvalue weighted by molar-refractivity contribution is 0.0946. The van der Waals surface area contributed by atoms with Gasteiger partial charge in [-0.05, 0) is 55.3 Å². The van der Waals surface area contributed by atoms with Gasteiger partial charge in [-0.2, -0.15) is 0 Å². The van der Waals surface area contributed by atoms with E-state index in [0.717, 1.165) is 21.3 Å². The van der Waals surface area contributed by atoms with Crippen molar-refractivity contribution in [2.75, 3.05) is 27.4 Å². The van der Waals surface area contributed by atoms with Crippen LogP contribution in [0.25, 0.3) is 0 Å². The molecule has 0 spiro atoms. The van der Waals surface area contributed by atoms with Crippen LogP contribution in [0, 0.1) is 13.8 Å². The molecule has 25 heavy (non-hydrogen) atoms. The Morgan fingerprint density at radius 1 is 1.04 bits per heavy atom. The number of methoxy groups -OCH3 is 2. The van der Waals surface area contributed by atoms with Crippen molar-refractivity contribution in [3.05, 3.63) is 51.5 Å².